The summed E-state index contributed by atoms with van der Waals surface area (Å²) in [7, 11) is 0. The van der Waals surface area contributed by atoms with Gasteiger partial charge in [-0.25, -0.2) is 0 Å². The molecule has 3 N–H and O–H groups in total. The molecule has 1 heterocycles. The Bertz CT molecular complexity index is 828. The number of amides is 2. The summed E-state index contributed by atoms with van der Waals surface area (Å²) in [6, 6.07) is 4.94. The molecular weight excluding hydrogens is 468 g/mol. The van der Waals surface area contributed by atoms with E-state index >= 15 is 0 Å². The maximum absolute atomic E-state index is 12.6. The number of hydrogen-bond acceptors (Lipinski definition) is 6. The van der Waals surface area contributed by atoms with E-state index < -0.39 is 5.97 Å². The van der Waals surface area contributed by atoms with Gasteiger partial charge < -0.3 is 15.5 Å². The topological polar surface area (TPSA) is 107 Å². The minimum absolute atomic E-state index is 0.0106. The van der Waals surface area contributed by atoms with Gasteiger partial charge in [0.05, 0.1) is 4.91 Å². The number of carbonyl (C=O) groups excluding carboxylic acids is 2. The van der Waals surface area contributed by atoms with Crippen LogP contribution >= 0.6 is 39.9 Å². The molecule has 1 saturated heterocycles. The summed E-state index contributed by atoms with van der Waals surface area (Å²) in [6.07, 6.45) is 2.64. The Balaban J connectivity index is 1.85. The summed E-state index contributed by atoms with van der Waals surface area (Å²) in [5.41, 5.74) is 0.510. The number of nitrogens with one attached hydrogen (secondary N) is 1. The molecule has 1 aromatic rings. The number of carbonyl (C=O) groups is 3. The molecule has 7 nitrogen and oxygen atoms in total. The van der Waals surface area contributed by atoms with Gasteiger partial charge in [0.1, 0.15) is 10.1 Å². The molecular formula is C18H19BrN2O5S2. The lowest BCUT2D eigenvalue weighted by atomic mass is 10.2. The van der Waals surface area contributed by atoms with E-state index in [1.54, 1.807) is 18.2 Å². The number of carboxylic acid groups (broad SMARTS) is 1. The van der Waals surface area contributed by atoms with Crippen LogP contribution in [0.4, 0.5) is 0 Å². The quantitative estimate of drug-likeness (QED) is 0.279. The van der Waals surface area contributed by atoms with Crippen LogP contribution in [0.1, 0.15) is 31.2 Å². The molecule has 1 fully saturated rings. The maximum atomic E-state index is 12.6. The Labute approximate surface area is 180 Å². The molecule has 0 saturated carbocycles. The van der Waals surface area contributed by atoms with Gasteiger partial charge in [0.15, 0.2) is 0 Å². The minimum atomic E-state index is -0.896. The monoisotopic (exact) mass is 486 g/mol. The molecule has 1 aliphatic rings. The third kappa shape index (κ3) is 6.61. The Morgan fingerprint density at radius 2 is 2.04 bits per heavy atom. The predicted molar refractivity (Wildman–Crippen MR) is 115 cm³/mol. The summed E-state index contributed by atoms with van der Waals surface area (Å²) in [4.78, 5) is 36.6. The number of rotatable bonds is 9. The highest BCUT2D eigenvalue weighted by Gasteiger charge is 2.31. The molecule has 150 valence electrons. The molecule has 1 aliphatic heterocycles. The fourth-order valence-corrected chi connectivity index (χ4v) is 4.11. The van der Waals surface area contributed by atoms with E-state index in [0.29, 0.717) is 40.7 Å². The van der Waals surface area contributed by atoms with Crippen molar-refractivity contribution in [3.05, 3.63) is 33.1 Å². The molecule has 0 radical (unpaired) electrons. The molecule has 10 heteroatoms. The van der Waals surface area contributed by atoms with Gasteiger partial charge in [-0.05, 0) is 37.1 Å². The second kappa shape index (κ2) is 10.6. The van der Waals surface area contributed by atoms with Crippen LogP contribution in [-0.4, -0.2) is 50.3 Å². The number of phenols is 1. The number of nitrogens with zero attached hydrogens (tertiary/aromatic N) is 1. The summed E-state index contributed by atoms with van der Waals surface area (Å²) >= 11 is 9.74. The molecule has 0 aromatic heterocycles. The molecule has 2 rings (SSSR count). The SMILES string of the molecule is O=C(O)CCCNC(=O)CCCN1C(=O)/C(=C/c2cc(Br)ccc2O)SC1=S. The van der Waals surface area contributed by atoms with Gasteiger partial charge in [-0.15, -0.1) is 0 Å². The zero-order valence-corrected chi connectivity index (χ0v) is 18.0. The molecule has 2 amide bonds. The van der Waals surface area contributed by atoms with Crippen molar-refractivity contribution in [2.75, 3.05) is 13.1 Å². The average molecular weight is 487 g/mol. The van der Waals surface area contributed by atoms with Crippen LogP contribution in [0, 0.1) is 0 Å². The average Bonchev–Trinajstić information content (AvgIpc) is 2.89. The van der Waals surface area contributed by atoms with E-state index in [0.717, 1.165) is 16.2 Å². The van der Waals surface area contributed by atoms with Crippen molar-refractivity contribution in [3.63, 3.8) is 0 Å². The normalized spacial score (nSPS) is 15.3. The summed E-state index contributed by atoms with van der Waals surface area (Å²) < 4.78 is 1.19. The number of aromatic hydroxyl groups is 1. The Morgan fingerprint density at radius 3 is 2.75 bits per heavy atom. The van der Waals surface area contributed by atoms with Gasteiger partial charge in [-0.2, -0.15) is 0 Å². The van der Waals surface area contributed by atoms with Crippen LogP contribution < -0.4 is 5.32 Å². The van der Waals surface area contributed by atoms with Crippen LogP contribution in [0.15, 0.2) is 27.6 Å². The fraction of sp³-hybridized carbons (Fsp3) is 0.333. The second-order valence-corrected chi connectivity index (χ2v) is 8.58. The third-order valence-electron chi connectivity index (χ3n) is 3.82. The smallest absolute Gasteiger partial charge is 0.303 e. The highest BCUT2D eigenvalue weighted by atomic mass is 79.9. The number of benzene rings is 1. The van der Waals surface area contributed by atoms with Crippen LogP contribution in [0.25, 0.3) is 6.08 Å². The number of aliphatic carboxylic acids is 1. The largest absolute Gasteiger partial charge is 0.507 e. The van der Waals surface area contributed by atoms with Crippen molar-refractivity contribution in [3.8, 4) is 5.75 Å². The van der Waals surface area contributed by atoms with Gasteiger partial charge in [-0.1, -0.05) is 39.9 Å². The number of thioether (sulfide) groups is 1. The standard InChI is InChI=1S/C18H19BrN2O5S2/c19-12-5-6-13(22)11(9-12)10-14-17(26)21(18(27)28-14)8-2-3-15(23)20-7-1-4-16(24)25/h5-6,9-10,22H,1-4,7-8H2,(H,20,23)(H,24,25)/b14-10-. The van der Waals surface area contributed by atoms with Crippen LogP contribution in [0.3, 0.4) is 0 Å². The van der Waals surface area contributed by atoms with Crippen molar-refractivity contribution in [2.24, 2.45) is 0 Å². The number of hydrogen-bond donors (Lipinski definition) is 3. The molecule has 0 aliphatic carbocycles. The third-order valence-corrected chi connectivity index (χ3v) is 5.70. The highest BCUT2D eigenvalue weighted by molar-refractivity contribution is 9.10. The highest BCUT2D eigenvalue weighted by Crippen LogP contribution is 2.34. The first kappa shape index (κ1) is 22.4. The van der Waals surface area contributed by atoms with Gasteiger partial charge in [0.25, 0.3) is 5.91 Å². The van der Waals surface area contributed by atoms with Crippen molar-refractivity contribution in [1.82, 2.24) is 10.2 Å². The number of phenolic OH excluding ortho intramolecular Hbond substituents is 1. The van der Waals surface area contributed by atoms with Crippen LogP contribution in [0.2, 0.25) is 0 Å². The van der Waals surface area contributed by atoms with E-state index in [-0.39, 0.29) is 30.4 Å². The lowest BCUT2D eigenvalue weighted by Crippen LogP contribution is -2.31. The number of carboxylic acids is 1. The van der Waals surface area contributed by atoms with Crippen LogP contribution in [0.5, 0.6) is 5.75 Å². The molecule has 0 atom stereocenters. The fourth-order valence-electron chi connectivity index (χ4n) is 2.43. The summed E-state index contributed by atoms with van der Waals surface area (Å²) in [5.74, 6) is -1.28. The number of thiocarbonyl (C=S) groups is 1. The van der Waals surface area contributed by atoms with Crippen molar-refractivity contribution in [2.45, 2.75) is 25.7 Å². The first-order chi connectivity index (χ1) is 13.3. The van der Waals surface area contributed by atoms with Gasteiger partial charge >= 0.3 is 5.97 Å². The van der Waals surface area contributed by atoms with E-state index in [1.807, 2.05) is 0 Å². The molecule has 1 aromatic carbocycles. The molecule has 28 heavy (non-hydrogen) atoms. The summed E-state index contributed by atoms with van der Waals surface area (Å²) in [6.45, 7) is 0.625. The molecule has 0 unspecified atom stereocenters. The summed E-state index contributed by atoms with van der Waals surface area (Å²) in [5, 5.41) is 21.1. The first-order valence-corrected chi connectivity index (χ1v) is 10.5. The molecule has 0 spiro atoms. The van der Waals surface area contributed by atoms with E-state index in [2.05, 4.69) is 21.2 Å². The van der Waals surface area contributed by atoms with Gasteiger partial charge in [0.2, 0.25) is 5.91 Å². The lowest BCUT2D eigenvalue weighted by Gasteiger charge is -2.14. The zero-order valence-electron chi connectivity index (χ0n) is 14.8. The molecule has 0 bridgehead atoms. The zero-order chi connectivity index (χ0) is 20.7. The van der Waals surface area contributed by atoms with Crippen molar-refractivity contribution >= 4 is 68.1 Å². The first-order valence-electron chi connectivity index (χ1n) is 8.50. The van der Waals surface area contributed by atoms with Gasteiger partial charge in [0, 0.05) is 36.0 Å². The van der Waals surface area contributed by atoms with Crippen molar-refractivity contribution in [1.29, 1.82) is 0 Å². The Kier molecular flexibility index (Phi) is 8.46. The van der Waals surface area contributed by atoms with Crippen molar-refractivity contribution < 1.29 is 24.6 Å². The lowest BCUT2D eigenvalue weighted by molar-refractivity contribution is -0.137. The predicted octanol–water partition coefficient (Wildman–Crippen LogP) is 3.12. The van der Waals surface area contributed by atoms with E-state index in [9.17, 15) is 19.5 Å². The number of halogens is 1. The second-order valence-electron chi connectivity index (χ2n) is 5.99. The Hall–Kier alpha value is -1.91. The van der Waals surface area contributed by atoms with Crippen LogP contribution in [-0.2, 0) is 14.4 Å². The van der Waals surface area contributed by atoms with Gasteiger partial charge in [-0.3, -0.25) is 19.3 Å². The van der Waals surface area contributed by atoms with E-state index in [1.165, 1.54) is 11.0 Å². The maximum Gasteiger partial charge on any atom is 0.303 e. The Morgan fingerprint density at radius 1 is 1.29 bits per heavy atom. The minimum Gasteiger partial charge on any atom is -0.507 e. The van der Waals surface area contributed by atoms with E-state index in [4.69, 9.17) is 17.3 Å².